The molecule has 0 spiro atoms. The number of allylic oxidation sites excluding steroid dienone is 1. The molecule has 146 valence electrons. The minimum atomic E-state index is -0.300. The predicted molar refractivity (Wildman–Crippen MR) is 109 cm³/mol. The van der Waals surface area contributed by atoms with Crippen LogP contribution in [0.15, 0.2) is 22.6 Å². The van der Waals surface area contributed by atoms with Crippen molar-refractivity contribution in [2.24, 2.45) is 0 Å². The average molecular weight is 410 g/mol. The predicted octanol–water partition coefficient (Wildman–Crippen LogP) is 2.42. The zero-order valence-corrected chi connectivity index (χ0v) is 17.3. The summed E-state index contributed by atoms with van der Waals surface area (Å²) in [6, 6.07) is 0. The van der Waals surface area contributed by atoms with Crippen LogP contribution in [0.25, 0.3) is 10.2 Å². The van der Waals surface area contributed by atoms with Gasteiger partial charge >= 0.3 is 5.97 Å². The molecule has 0 saturated heterocycles. The van der Waals surface area contributed by atoms with Crippen molar-refractivity contribution < 1.29 is 14.3 Å². The van der Waals surface area contributed by atoms with E-state index in [-0.39, 0.29) is 29.6 Å². The van der Waals surface area contributed by atoms with Crippen LogP contribution in [-0.2, 0) is 20.9 Å². The molecule has 0 fully saturated rings. The van der Waals surface area contributed by atoms with E-state index in [1.165, 1.54) is 30.2 Å². The molecular formula is C18H23N3O4S2. The summed E-state index contributed by atoms with van der Waals surface area (Å²) in [5.41, 5.74) is 0.841. The lowest BCUT2D eigenvalue weighted by Gasteiger charge is -2.10. The van der Waals surface area contributed by atoms with Crippen LogP contribution in [0.3, 0.4) is 0 Å². The Kier molecular flexibility index (Phi) is 7.61. The minimum Gasteiger partial charge on any atom is -0.469 e. The number of amides is 1. The number of carbonyl (C=O) groups is 2. The highest BCUT2D eigenvalue weighted by molar-refractivity contribution is 7.99. The molecule has 2 aromatic heterocycles. The van der Waals surface area contributed by atoms with Crippen LogP contribution in [0.1, 0.15) is 23.3 Å². The Morgan fingerprint density at radius 1 is 1.41 bits per heavy atom. The van der Waals surface area contributed by atoms with E-state index in [9.17, 15) is 14.4 Å². The molecule has 0 aliphatic heterocycles. The van der Waals surface area contributed by atoms with Crippen LogP contribution in [0.2, 0.25) is 0 Å². The highest BCUT2D eigenvalue weighted by Crippen LogP contribution is 2.28. The van der Waals surface area contributed by atoms with Crippen LogP contribution in [0.5, 0.6) is 0 Å². The lowest BCUT2D eigenvalue weighted by atomic mass is 10.2. The molecule has 0 aliphatic rings. The van der Waals surface area contributed by atoms with Crippen LogP contribution in [0.4, 0.5) is 0 Å². The van der Waals surface area contributed by atoms with Crippen molar-refractivity contribution in [2.75, 3.05) is 19.4 Å². The van der Waals surface area contributed by atoms with Gasteiger partial charge in [-0.1, -0.05) is 17.8 Å². The standard InChI is InChI=1S/C18H23N3O4S2/c1-5-9-21-17(24)15-11(2)12(3)27-16(15)20-18(21)26-10-13(22)19-8-6-7-14(23)25-4/h5H,1,6-10H2,2-4H3,(H,19,22). The number of nitrogens with zero attached hydrogens (tertiary/aromatic N) is 2. The van der Waals surface area contributed by atoms with Gasteiger partial charge in [0.15, 0.2) is 5.16 Å². The Balaban J connectivity index is 2.08. The lowest BCUT2D eigenvalue weighted by molar-refractivity contribution is -0.140. The summed E-state index contributed by atoms with van der Waals surface area (Å²) < 4.78 is 6.10. The monoisotopic (exact) mass is 409 g/mol. The van der Waals surface area contributed by atoms with Crippen LogP contribution < -0.4 is 10.9 Å². The van der Waals surface area contributed by atoms with Gasteiger partial charge < -0.3 is 10.1 Å². The van der Waals surface area contributed by atoms with E-state index in [0.29, 0.717) is 34.9 Å². The molecule has 0 saturated carbocycles. The smallest absolute Gasteiger partial charge is 0.305 e. The number of hydrogen-bond donors (Lipinski definition) is 1. The first-order valence-electron chi connectivity index (χ1n) is 8.46. The molecule has 27 heavy (non-hydrogen) atoms. The van der Waals surface area contributed by atoms with Crippen molar-refractivity contribution in [1.82, 2.24) is 14.9 Å². The number of esters is 1. The second-order valence-electron chi connectivity index (χ2n) is 5.88. The van der Waals surface area contributed by atoms with Crippen LogP contribution in [-0.4, -0.2) is 40.8 Å². The van der Waals surface area contributed by atoms with Gasteiger partial charge in [-0.2, -0.15) is 0 Å². The molecule has 0 radical (unpaired) electrons. The molecule has 2 heterocycles. The second-order valence-corrected chi connectivity index (χ2v) is 8.03. The molecule has 0 aliphatic carbocycles. The maximum absolute atomic E-state index is 12.8. The van der Waals surface area contributed by atoms with Crippen molar-refractivity contribution in [2.45, 2.75) is 38.4 Å². The van der Waals surface area contributed by atoms with Crippen molar-refractivity contribution in [3.05, 3.63) is 33.4 Å². The van der Waals surface area contributed by atoms with E-state index in [2.05, 4.69) is 21.6 Å². The number of fused-ring (bicyclic) bond motifs is 1. The molecule has 2 aromatic rings. The number of aromatic nitrogens is 2. The molecule has 7 nitrogen and oxygen atoms in total. The Labute approximate surface area is 165 Å². The molecule has 0 aromatic carbocycles. The van der Waals surface area contributed by atoms with Gasteiger partial charge in [0.25, 0.3) is 5.56 Å². The Hall–Kier alpha value is -2.13. The molecule has 1 amide bonds. The largest absolute Gasteiger partial charge is 0.469 e. The van der Waals surface area contributed by atoms with Gasteiger partial charge in [-0.15, -0.1) is 17.9 Å². The molecule has 9 heteroatoms. The topological polar surface area (TPSA) is 90.3 Å². The molecular weight excluding hydrogens is 386 g/mol. The minimum absolute atomic E-state index is 0.109. The number of carbonyl (C=O) groups excluding carboxylic acids is 2. The molecule has 2 rings (SSSR count). The number of methoxy groups -OCH3 is 1. The first-order valence-corrected chi connectivity index (χ1v) is 10.3. The average Bonchev–Trinajstić information content (AvgIpc) is 2.93. The third kappa shape index (κ3) is 5.20. The first-order chi connectivity index (χ1) is 12.9. The number of nitrogens with one attached hydrogen (secondary N) is 1. The number of aryl methyl sites for hydroxylation is 2. The quantitative estimate of drug-likeness (QED) is 0.225. The van der Waals surface area contributed by atoms with Crippen molar-refractivity contribution in [1.29, 1.82) is 0 Å². The second kappa shape index (κ2) is 9.70. The van der Waals surface area contributed by atoms with Gasteiger partial charge in [0.2, 0.25) is 5.91 Å². The highest BCUT2D eigenvalue weighted by atomic mass is 32.2. The Bertz CT molecular complexity index is 917. The lowest BCUT2D eigenvalue weighted by Crippen LogP contribution is -2.28. The Morgan fingerprint density at radius 2 is 2.15 bits per heavy atom. The SMILES string of the molecule is C=CCn1c(SCC(=O)NCCCC(=O)OC)nc2sc(C)c(C)c2c1=O. The summed E-state index contributed by atoms with van der Waals surface area (Å²) in [7, 11) is 1.33. The highest BCUT2D eigenvalue weighted by Gasteiger charge is 2.17. The maximum Gasteiger partial charge on any atom is 0.305 e. The molecule has 0 atom stereocenters. The third-order valence-corrected chi connectivity index (χ3v) is 6.08. The summed E-state index contributed by atoms with van der Waals surface area (Å²) in [5.74, 6) is -0.342. The van der Waals surface area contributed by atoms with Crippen molar-refractivity contribution in [3.8, 4) is 0 Å². The van der Waals surface area contributed by atoms with Gasteiger partial charge in [-0.05, 0) is 25.8 Å². The van der Waals surface area contributed by atoms with Gasteiger partial charge in [0.1, 0.15) is 4.83 Å². The van der Waals surface area contributed by atoms with Crippen molar-refractivity contribution in [3.63, 3.8) is 0 Å². The first kappa shape index (κ1) is 21.2. The normalized spacial score (nSPS) is 10.8. The van der Waals surface area contributed by atoms with Gasteiger partial charge in [-0.3, -0.25) is 19.0 Å². The maximum atomic E-state index is 12.8. The van der Waals surface area contributed by atoms with E-state index in [1.807, 2.05) is 13.8 Å². The number of ether oxygens (including phenoxy) is 1. The van der Waals surface area contributed by atoms with E-state index >= 15 is 0 Å². The fourth-order valence-electron chi connectivity index (χ4n) is 2.45. The summed E-state index contributed by atoms with van der Waals surface area (Å²) in [5, 5.41) is 3.88. The van der Waals surface area contributed by atoms with E-state index in [1.54, 1.807) is 10.6 Å². The van der Waals surface area contributed by atoms with Gasteiger partial charge in [0, 0.05) is 24.4 Å². The Morgan fingerprint density at radius 3 is 2.81 bits per heavy atom. The summed E-state index contributed by atoms with van der Waals surface area (Å²) in [6.45, 7) is 8.31. The van der Waals surface area contributed by atoms with E-state index in [4.69, 9.17) is 0 Å². The van der Waals surface area contributed by atoms with Crippen LogP contribution >= 0.6 is 23.1 Å². The van der Waals surface area contributed by atoms with E-state index < -0.39 is 0 Å². The number of thiophene rings is 1. The van der Waals surface area contributed by atoms with Gasteiger partial charge in [0.05, 0.1) is 18.2 Å². The number of rotatable bonds is 9. The van der Waals surface area contributed by atoms with E-state index in [0.717, 1.165) is 10.4 Å². The summed E-state index contributed by atoms with van der Waals surface area (Å²) in [4.78, 5) is 42.3. The van der Waals surface area contributed by atoms with Gasteiger partial charge in [-0.25, -0.2) is 4.98 Å². The number of hydrogen-bond acceptors (Lipinski definition) is 7. The molecule has 0 unspecified atom stereocenters. The fourth-order valence-corrected chi connectivity index (χ4v) is 4.36. The number of thioether (sulfide) groups is 1. The summed E-state index contributed by atoms with van der Waals surface area (Å²) >= 11 is 2.70. The summed E-state index contributed by atoms with van der Waals surface area (Å²) in [6.07, 6.45) is 2.42. The van der Waals surface area contributed by atoms with Crippen LogP contribution in [0, 0.1) is 13.8 Å². The fraction of sp³-hybridized carbons (Fsp3) is 0.444. The van der Waals surface area contributed by atoms with Crippen molar-refractivity contribution >= 4 is 45.2 Å². The molecule has 1 N–H and O–H groups in total. The molecule has 0 bridgehead atoms. The zero-order chi connectivity index (χ0) is 20.0. The zero-order valence-electron chi connectivity index (χ0n) is 15.7. The third-order valence-electron chi connectivity index (χ3n) is 4.01.